The summed E-state index contributed by atoms with van der Waals surface area (Å²) in [6, 6.07) is 10.3. The lowest BCUT2D eigenvalue weighted by molar-refractivity contribution is 0.767. The van der Waals surface area contributed by atoms with Crippen LogP contribution >= 0.6 is 22.6 Å². The topological polar surface area (TPSA) is 43.8 Å². The lowest BCUT2D eigenvalue weighted by Gasteiger charge is -2.02. The van der Waals surface area contributed by atoms with E-state index in [9.17, 15) is 0 Å². The summed E-state index contributed by atoms with van der Waals surface area (Å²) in [5.74, 6) is 0. The van der Waals surface area contributed by atoms with Crippen LogP contribution in [0.4, 0.5) is 0 Å². The molecule has 1 heterocycles. The second-order valence-electron chi connectivity index (χ2n) is 3.38. The van der Waals surface area contributed by atoms with E-state index in [4.69, 9.17) is 5.73 Å². The van der Waals surface area contributed by atoms with E-state index in [0.717, 1.165) is 15.0 Å². The Morgan fingerprint density at radius 1 is 1.33 bits per heavy atom. The van der Waals surface area contributed by atoms with E-state index >= 15 is 0 Å². The SMILES string of the molecule is Cn1nc(I)cc1-c1ccc(CN)cc1. The van der Waals surface area contributed by atoms with Gasteiger partial charge in [0.1, 0.15) is 3.70 Å². The minimum Gasteiger partial charge on any atom is -0.326 e. The van der Waals surface area contributed by atoms with Crippen molar-refractivity contribution in [3.05, 3.63) is 39.6 Å². The zero-order valence-corrected chi connectivity index (χ0v) is 10.6. The smallest absolute Gasteiger partial charge is 0.123 e. The first-order valence-corrected chi connectivity index (χ1v) is 5.77. The molecule has 1 aromatic carbocycles. The molecular weight excluding hydrogens is 301 g/mol. The standard InChI is InChI=1S/C11H12IN3/c1-15-10(6-11(12)14-15)9-4-2-8(7-13)3-5-9/h2-6H,7,13H2,1H3. The second kappa shape index (κ2) is 4.32. The highest BCUT2D eigenvalue weighted by Gasteiger charge is 2.04. The number of rotatable bonds is 2. The molecule has 0 aliphatic heterocycles. The predicted molar refractivity (Wildman–Crippen MR) is 69.3 cm³/mol. The molecule has 2 aromatic rings. The second-order valence-corrected chi connectivity index (χ2v) is 4.48. The van der Waals surface area contributed by atoms with Crippen LogP contribution in [-0.4, -0.2) is 9.78 Å². The quantitative estimate of drug-likeness (QED) is 0.864. The normalized spacial score (nSPS) is 10.6. The largest absolute Gasteiger partial charge is 0.326 e. The van der Waals surface area contributed by atoms with Crippen LogP contribution in [0.3, 0.4) is 0 Å². The molecule has 0 atom stereocenters. The Balaban J connectivity index is 2.41. The van der Waals surface area contributed by atoms with E-state index in [-0.39, 0.29) is 0 Å². The van der Waals surface area contributed by atoms with E-state index in [0.29, 0.717) is 6.54 Å². The molecule has 0 spiro atoms. The summed E-state index contributed by atoms with van der Waals surface area (Å²) < 4.78 is 2.90. The van der Waals surface area contributed by atoms with Gasteiger partial charge in [0.25, 0.3) is 0 Å². The van der Waals surface area contributed by atoms with E-state index in [1.807, 2.05) is 11.7 Å². The molecule has 0 amide bonds. The van der Waals surface area contributed by atoms with Gasteiger partial charge in [-0.15, -0.1) is 0 Å². The highest BCUT2D eigenvalue weighted by Crippen LogP contribution is 2.20. The van der Waals surface area contributed by atoms with Crippen LogP contribution < -0.4 is 5.73 Å². The van der Waals surface area contributed by atoms with Crippen molar-refractivity contribution in [3.63, 3.8) is 0 Å². The number of aryl methyl sites for hydroxylation is 1. The molecule has 0 saturated carbocycles. The van der Waals surface area contributed by atoms with Gasteiger partial charge in [-0.1, -0.05) is 24.3 Å². The van der Waals surface area contributed by atoms with Crippen LogP contribution in [0.1, 0.15) is 5.56 Å². The van der Waals surface area contributed by atoms with Gasteiger partial charge in [0.2, 0.25) is 0 Å². The number of benzene rings is 1. The molecule has 0 saturated heterocycles. The molecule has 15 heavy (non-hydrogen) atoms. The Morgan fingerprint density at radius 2 is 2.00 bits per heavy atom. The molecule has 0 bridgehead atoms. The number of hydrogen-bond donors (Lipinski definition) is 1. The van der Waals surface area contributed by atoms with Gasteiger partial charge in [0, 0.05) is 13.6 Å². The predicted octanol–water partition coefficient (Wildman–Crippen LogP) is 2.15. The van der Waals surface area contributed by atoms with Crippen molar-refractivity contribution in [2.45, 2.75) is 6.54 Å². The fourth-order valence-electron chi connectivity index (χ4n) is 1.51. The van der Waals surface area contributed by atoms with Crippen molar-refractivity contribution in [3.8, 4) is 11.3 Å². The highest BCUT2D eigenvalue weighted by atomic mass is 127. The summed E-state index contributed by atoms with van der Waals surface area (Å²) in [5.41, 5.74) is 9.00. The van der Waals surface area contributed by atoms with Gasteiger partial charge < -0.3 is 5.73 Å². The van der Waals surface area contributed by atoms with E-state index in [1.54, 1.807) is 0 Å². The first-order valence-electron chi connectivity index (χ1n) is 4.69. The molecule has 1 aromatic heterocycles. The molecule has 0 fully saturated rings. The number of nitrogens with two attached hydrogens (primary N) is 1. The van der Waals surface area contributed by atoms with Gasteiger partial charge in [0.15, 0.2) is 0 Å². The van der Waals surface area contributed by atoms with Crippen LogP contribution in [-0.2, 0) is 13.6 Å². The Bertz CT molecular complexity index is 459. The van der Waals surface area contributed by atoms with Crippen molar-refractivity contribution in [2.24, 2.45) is 12.8 Å². The molecule has 2 N–H and O–H groups in total. The van der Waals surface area contributed by atoms with Crippen molar-refractivity contribution in [1.82, 2.24) is 9.78 Å². The maximum absolute atomic E-state index is 5.55. The number of nitrogens with zero attached hydrogens (tertiary/aromatic N) is 2. The third-order valence-corrected chi connectivity index (χ3v) is 2.86. The lowest BCUT2D eigenvalue weighted by Crippen LogP contribution is -1.96. The molecule has 0 aliphatic rings. The number of hydrogen-bond acceptors (Lipinski definition) is 2. The van der Waals surface area contributed by atoms with Gasteiger partial charge >= 0.3 is 0 Å². The van der Waals surface area contributed by atoms with Crippen molar-refractivity contribution >= 4 is 22.6 Å². The monoisotopic (exact) mass is 313 g/mol. The third kappa shape index (κ3) is 2.21. The molecule has 4 heteroatoms. The van der Waals surface area contributed by atoms with Gasteiger partial charge in [-0.25, -0.2) is 0 Å². The summed E-state index contributed by atoms with van der Waals surface area (Å²) in [5, 5.41) is 4.31. The Morgan fingerprint density at radius 3 is 2.47 bits per heavy atom. The van der Waals surface area contributed by atoms with E-state index in [1.165, 1.54) is 5.56 Å². The minimum atomic E-state index is 0.587. The van der Waals surface area contributed by atoms with Crippen LogP contribution in [0.25, 0.3) is 11.3 Å². The first kappa shape index (κ1) is 10.6. The lowest BCUT2D eigenvalue weighted by atomic mass is 10.1. The molecule has 2 rings (SSSR count). The molecule has 0 aliphatic carbocycles. The summed E-state index contributed by atoms with van der Waals surface area (Å²) >= 11 is 2.22. The van der Waals surface area contributed by atoms with Crippen LogP contribution in [0, 0.1) is 3.70 Å². The maximum atomic E-state index is 5.55. The summed E-state index contributed by atoms with van der Waals surface area (Å²) in [6.45, 7) is 0.587. The fraction of sp³-hybridized carbons (Fsp3) is 0.182. The Kier molecular flexibility index (Phi) is 3.06. The van der Waals surface area contributed by atoms with Crippen LogP contribution in [0.15, 0.2) is 30.3 Å². The van der Waals surface area contributed by atoms with Crippen molar-refractivity contribution in [2.75, 3.05) is 0 Å². The van der Waals surface area contributed by atoms with Crippen LogP contribution in [0.5, 0.6) is 0 Å². The Labute approximate surface area is 102 Å². The van der Waals surface area contributed by atoms with Gasteiger partial charge in [0.05, 0.1) is 5.69 Å². The first-order chi connectivity index (χ1) is 7.20. The van der Waals surface area contributed by atoms with Crippen molar-refractivity contribution in [1.29, 1.82) is 0 Å². The zero-order valence-electron chi connectivity index (χ0n) is 8.44. The molecule has 0 unspecified atom stereocenters. The molecule has 0 radical (unpaired) electrons. The van der Waals surface area contributed by atoms with Crippen molar-refractivity contribution < 1.29 is 0 Å². The van der Waals surface area contributed by atoms with Crippen LogP contribution in [0.2, 0.25) is 0 Å². The summed E-state index contributed by atoms with van der Waals surface area (Å²) in [6.07, 6.45) is 0. The minimum absolute atomic E-state index is 0.587. The molecule has 3 nitrogen and oxygen atoms in total. The average molecular weight is 313 g/mol. The number of aromatic nitrogens is 2. The highest BCUT2D eigenvalue weighted by molar-refractivity contribution is 14.1. The van der Waals surface area contributed by atoms with E-state index < -0.39 is 0 Å². The fourth-order valence-corrected chi connectivity index (χ4v) is 2.13. The van der Waals surface area contributed by atoms with E-state index in [2.05, 4.69) is 58.0 Å². The van der Waals surface area contributed by atoms with Gasteiger partial charge in [-0.3, -0.25) is 4.68 Å². The van der Waals surface area contributed by atoms with Gasteiger partial charge in [-0.05, 0) is 39.8 Å². The maximum Gasteiger partial charge on any atom is 0.123 e. The van der Waals surface area contributed by atoms with Gasteiger partial charge in [-0.2, -0.15) is 5.10 Å². The molecular formula is C11H12IN3. The molecule has 78 valence electrons. The Hall–Kier alpha value is -0.880. The third-order valence-electron chi connectivity index (χ3n) is 2.34. The number of halogens is 1. The zero-order chi connectivity index (χ0) is 10.8. The average Bonchev–Trinajstić information content (AvgIpc) is 2.58. The summed E-state index contributed by atoms with van der Waals surface area (Å²) in [7, 11) is 1.95. The summed E-state index contributed by atoms with van der Waals surface area (Å²) in [4.78, 5) is 0.